The molecule has 0 atom stereocenters. The normalized spacial score (nSPS) is 11.0. The van der Waals surface area contributed by atoms with E-state index in [1.807, 2.05) is 112 Å². The Morgan fingerprint density at radius 1 is 0.355 bits per heavy atom. The third kappa shape index (κ3) is 26.4. The lowest BCUT2D eigenvalue weighted by molar-refractivity contribution is 0.111. The van der Waals surface area contributed by atoms with Gasteiger partial charge >= 0.3 is 0 Å². The van der Waals surface area contributed by atoms with Gasteiger partial charge in [0.05, 0.1) is 96.0 Å². The molecule has 0 radical (unpaired) electrons. The van der Waals surface area contributed by atoms with Gasteiger partial charge in [0.15, 0.2) is 0 Å². The number of aryl methyl sites for hydroxylation is 3. The van der Waals surface area contributed by atoms with Gasteiger partial charge in [0, 0.05) is 126 Å². The van der Waals surface area contributed by atoms with Gasteiger partial charge in [-0.25, -0.2) is 15.0 Å². The van der Waals surface area contributed by atoms with Crippen molar-refractivity contribution in [1.82, 2.24) is 53.2 Å². The molecular formula is C84H113N15O8. The van der Waals surface area contributed by atoms with Crippen LogP contribution in [-0.2, 0) is 21.1 Å². The molecule has 0 fully saturated rings. The number of hydrogen-bond donors (Lipinski definition) is 4. The molecule has 6 N–H and O–H groups in total. The number of aromatic nitrogens is 6. The molecule has 11 aromatic rings. The number of methoxy groups -OCH3 is 1. The van der Waals surface area contributed by atoms with Gasteiger partial charge in [-0.05, 0) is 188 Å². The zero-order valence-corrected chi connectivity index (χ0v) is 65.7. The fourth-order valence-corrected chi connectivity index (χ4v) is 11.3. The van der Waals surface area contributed by atoms with Crippen molar-refractivity contribution in [2.45, 2.75) is 32.1 Å². The Balaban J connectivity index is 0.000000204. The van der Waals surface area contributed by atoms with Gasteiger partial charge in [-0.1, -0.05) is 48.5 Å². The Labute approximate surface area is 632 Å². The van der Waals surface area contributed by atoms with Crippen molar-refractivity contribution in [3.63, 3.8) is 0 Å². The average Bonchev–Trinajstić information content (AvgIpc) is 1.64. The van der Waals surface area contributed by atoms with Crippen LogP contribution in [0.3, 0.4) is 0 Å². The van der Waals surface area contributed by atoms with Crippen LogP contribution in [0.5, 0.6) is 34.5 Å². The van der Waals surface area contributed by atoms with Crippen molar-refractivity contribution < 1.29 is 38.0 Å². The highest BCUT2D eigenvalue weighted by atomic mass is 16.5. The van der Waals surface area contributed by atoms with Crippen LogP contribution >= 0.6 is 0 Å². The third-order valence-corrected chi connectivity index (χ3v) is 17.2. The summed E-state index contributed by atoms with van der Waals surface area (Å²) in [5, 5.41) is 6.05. The van der Waals surface area contributed by atoms with Crippen LogP contribution in [0.4, 0.5) is 22.7 Å². The van der Waals surface area contributed by atoms with E-state index in [0.29, 0.717) is 36.6 Å². The second kappa shape index (κ2) is 43.1. The Morgan fingerprint density at radius 3 is 1.05 bits per heavy atom. The summed E-state index contributed by atoms with van der Waals surface area (Å²) in [7, 11) is 32.1. The molecule has 23 nitrogen and oxygen atoms in total. The molecule has 0 amide bonds. The Morgan fingerprint density at radius 2 is 0.673 bits per heavy atom. The molecule has 107 heavy (non-hydrogen) atoms. The minimum absolute atomic E-state index is 0.663. The summed E-state index contributed by atoms with van der Waals surface area (Å²) in [4.78, 5) is 46.3. The zero-order chi connectivity index (χ0) is 77.4. The van der Waals surface area contributed by atoms with Gasteiger partial charge in [0.2, 0.25) is 0 Å². The third-order valence-electron chi connectivity index (χ3n) is 17.2. The number of benzene rings is 8. The first-order chi connectivity index (χ1) is 51.5. The first-order valence-electron chi connectivity index (χ1n) is 36.2. The van der Waals surface area contributed by atoms with Crippen LogP contribution in [0.15, 0.2) is 164 Å². The minimum Gasteiger partial charge on any atom is -0.497 e. The highest BCUT2D eigenvalue weighted by Gasteiger charge is 2.16. The number of imidazole rings is 3. The number of carbonyl (C=O) groups excluding carboxylic acids is 2. The van der Waals surface area contributed by atoms with Crippen LogP contribution in [0, 0.1) is 0 Å². The number of nitrogens with one attached hydrogen (secondary N) is 2. The summed E-state index contributed by atoms with van der Waals surface area (Å²) >= 11 is 0. The Kier molecular flexibility index (Phi) is 33.6. The molecule has 11 rings (SSSR count). The van der Waals surface area contributed by atoms with E-state index in [4.69, 9.17) is 54.8 Å². The Bertz CT molecular complexity index is 4470. The Hall–Kier alpha value is -10.7. The first kappa shape index (κ1) is 83.6. The topological polar surface area (TPSA) is 235 Å². The van der Waals surface area contributed by atoms with Crippen molar-refractivity contribution in [3.8, 4) is 68.7 Å². The molecule has 0 unspecified atom stereocenters. The van der Waals surface area contributed by atoms with Crippen LogP contribution < -0.4 is 50.5 Å². The molecule has 3 aromatic heterocycles. The molecule has 0 spiro atoms. The summed E-state index contributed by atoms with van der Waals surface area (Å²) in [6.07, 6.45) is 6.66. The number of ether oxygens (including phenoxy) is 6. The summed E-state index contributed by atoms with van der Waals surface area (Å²) in [6.45, 7) is 8.62. The van der Waals surface area contributed by atoms with Gasteiger partial charge in [0.25, 0.3) is 0 Å². The summed E-state index contributed by atoms with van der Waals surface area (Å²) in [5.74, 6) is 7.77. The molecule has 0 bridgehead atoms. The number of nitrogen functional groups attached to an aromatic ring is 2. The predicted octanol–water partition coefficient (Wildman–Crippen LogP) is 13.6. The minimum atomic E-state index is 0.663. The second-order valence-electron chi connectivity index (χ2n) is 27.2. The summed E-state index contributed by atoms with van der Waals surface area (Å²) in [5.41, 5.74) is 25.3. The molecule has 0 aliphatic rings. The van der Waals surface area contributed by atoms with E-state index in [9.17, 15) is 9.59 Å². The predicted molar refractivity (Wildman–Crippen MR) is 440 cm³/mol. The largest absolute Gasteiger partial charge is 0.497 e. The maximum Gasteiger partial charge on any atom is 0.150 e. The first-order valence-corrected chi connectivity index (χ1v) is 36.2. The van der Waals surface area contributed by atoms with Gasteiger partial charge in [0.1, 0.15) is 64.5 Å². The number of nitrogens with zero attached hydrogens (tertiary/aromatic N) is 11. The van der Waals surface area contributed by atoms with E-state index in [0.717, 1.165) is 209 Å². The molecule has 0 aliphatic heterocycles. The van der Waals surface area contributed by atoms with E-state index in [-0.39, 0.29) is 0 Å². The average molecular weight is 1460 g/mol. The van der Waals surface area contributed by atoms with Crippen LogP contribution in [-0.4, -0.2) is 223 Å². The van der Waals surface area contributed by atoms with Crippen molar-refractivity contribution >= 4 is 68.4 Å². The standard InChI is InChI=1S/C32H40N6O2.C20H23N3O2.2C12H21N3O.C8H8O2/c1-35(2)17-7-19-39-25-14-16-29-28(21-25)34-32(37(29)5)24-11-9-23(10-12-24)31-33-27-15-13-26(22-30(27)38(31)6)40-20-8-18-36(3)4;1-22(2)11-4-12-25-17-9-10-18-19(13-17)23(3)20(21-18)16-7-5-15(14-24)6-8-16;1-14-12-6-5-10(9-11(12)13)16-8-4-7-15(2)3;1-14-12-9-10(5-6-11(12)13)16-8-4-7-15(2)3;1-10-8-4-2-7(6-9)3-5-8/h9-16,21-22H,7-8,17-20H2,1-6H3;5-10,13-14H,4,11-12H2,1-3H3;2*5-6,9,14H,4,7-8,13H2,1-3H3;2-6H,1H3. The monoisotopic (exact) mass is 1460 g/mol. The lowest BCUT2D eigenvalue weighted by Crippen LogP contribution is -2.15. The smallest absolute Gasteiger partial charge is 0.150 e. The number of hydrogen-bond acceptors (Lipinski definition) is 20. The number of fused-ring (bicyclic) bond motifs is 3. The summed E-state index contributed by atoms with van der Waals surface area (Å²) in [6, 6.07) is 52.5. The number of rotatable bonds is 33. The van der Waals surface area contributed by atoms with Gasteiger partial charge in [-0.2, -0.15) is 0 Å². The lowest BCUT2D eigenvalue weighted by atomic mass is 10.1. The van der Waals surface area contributed by atoms with Crippen LogP contribution in [0.25, 0.3) is 67.3 Å². The molecule has 572 valence electrons. The van der Waals surface area contributed by atoms with E-state index < -0.39 is 0 Å². The van der Waals surface area contributed by atoms with Crippen LogP contribution in [0.2, 0.25) is 0 Å². The molecule has 0 saturated carbocycles. The molecule has 0 aliphatic carbocycles. The van der Waals surface area contributed by atoms with Gasteiger partial charge < -0.3 is 88.7 Å². The van der Waals surface area contributed by atoms with Gasteiger partial charge in [-0.15, -0.1) is 0 Å². The highest BCUT2D eigenvalue weighted by Crippen LogP contribution is 2.33. The SMILES string of the molecule is CN(C)CCCOc1ccc2c(c1)nc(-c1ccc(-c3nc4ccc(OCCCN(C)C)cc4n3C)cc1)n2C.CN(C)CCCOc1ccc2nc(-c3ccc(C=O)cc3)n(C)c2c1.CNc1cc(OCCCN(C)C)ccc1N.CNc1ccc(OCCCN(C)C)cc1N.COc1ccc(C=O)cc1. The number of nitrogens with two attached hydrogens (primary N) is 2. The second-order valence-corrected chi connectivity index (χ2v) is 27.2. The number of anilines is 4. The van der Waals surface area contributed by atoms with Crippen molar-refractivity contribution in [2.75, 3.05) is 180 Å². The quantitative estimate of drug-likeness (QED) is 0.0170. The fraction of sp³-hybridized carbons (Fsp3) is 0.369. The maximum atomic E-state index is 10.8. The van der Waals surface area contributed by atoms with E-state index in [2.05, 4.69) is 170 Å². The number of aldehydes is 2. The molecule has 0 saturated heterocycles. The molecular weight excluding hydrogens is 1350 g/mol. The fourth-order valence-electron chi connectivity index (χ4n) is 11.3. The van der Waals surface area contributed by atoms with E-state index in [1.54, 1.807) is 43.5 Å². The van der Waals surface area contributed by atoms with Crippen LogP contribution in [0.1, 0.15) is 52.8 Å². The number of carbonyl (C=O) groups is 2. The zero-order valence-electron chi connectivity index (χ0n) is 65.7. The highest BCUT2D eigenvalue weighted by molar-refractivity contribution is 5.85. The molecule has 3 heterocycles. The molecule has 23 heteroatoms. The maximum absolute atomic E-state index is 10.8. The summed E-state index contributed by atoms with van der Waals surface area (Å²) < 4.78 is 40.3. The van der Waals surface area contributed by atoms with Gasteiger partial charge in [-0.3, -0.25) is 9.59 Å². The van der Waals surface area contributed by atoms with Crippen molar-refractivity contribution in [2.24, 2.45) is 21.1 Å². The van der Waals surface area contributed by atoms with Crippen molar-refractivity contribution in [3.05, 3.63) is 175 Å². The van der Waals surface area contributed by atoms with E-state index >= 15 is 0 Å². The van der Waals surface area contributed by atoms with E-state index in [1.165, 1.54) is 0 Å². The molecule has 8 aromatic carbocycles. The lowest BCUT2D eigenvalue weighted by Gasteiger charge is -2.12. The van der Waals surface area contributed by atoms with Crippen molar-refractivity contribution in [1.29, 1.82) is 0 Å².